The average Bonchev–Trinajstić information content (AvgIpc) is 3.80. The van der Waals surface area contributed by atoms with Gasteiger partial charge in [0.1, 0.15) is 12.2 Å². The first kappa shape index (κ1) is 29.5. The van der Waals surface area contributed by atoms with E-state index in [4.69, 9.17) is 4.74 Å². The van der Waals surface area contributed by atoms with Crippen LogP contribution in [0.1, 0.15) is 25.7 Å². The van der Waals surface area contributed by atoms with E-state index in [1.165, 1.54) is 60.4 Å². The Morgan fingerprint density at radius 2 is 1.84 bits per heavy atom. The number of aromatic nitrogens is 3. The molecule has 11 heteroatoms. The summed E-state index contributed by atoms with van der Waals surface area (Å²) in [6.45, 7) is 4.43. The molecule has 2 aromatic carbocycles. The molecule has 44 heavy (non-hydrogen) atoms. The molecule has 0 aliphatic carbocycles. The van der Waals surface area contributed by atoms with Gasteiger partial charge in [0.2, 0.25) is 11.8 Å². The van der Waals surface area contributed by atoms with Gasteiger partial charge in [-0.3, -0.25) is 14.6 Å². The summed E-state index contributed by atoms with van der Waals surface area (Å²) in [5, 5.41) is 2.59. The summed E-state index contributed by atoms with van der Waals surface area (Å²) in [4.78, 5) is 39.0. The number of rotatable bonds is 11. The Morgan fingerprint density at radius 3 is 2.64 bits per heavy atom. The predicted molar refractivity (Wildman–Crippen MR) is 171 cm³/mol. The standard InChI is InChI=1S/C33H33FN6O3S/c1-38(24-8-3-2-4-9-24)32(42)20-31(41)37-23-10-11-28(25(34)18-23)43-29-12-13-35-26-19-30(44-33(26)29)27-21-40(22-36-27)17-7-16-39-14-5-6-15-39/h2-4,8-13,18-19,21-22H,5-7,14-17,20H2,1H3,(H,37,41). The molecule has 226 valence electrons. The maximum atomic E-state index is 15.1. The average molecular weight is 613 g/mol. The van der Waals surface area contributed by atoms with Crippen LogP contribution in [0.15, 0.2) is 79.4 Å². The molecule has 5 aromatic rings. The number of nitrogens with zero attached hydrogens (tertiary/aromatic N) is 5. The predicted octanol–water partition coefficient (Wildman–Crippen LogP) is 6.57. The number of ether oxygens (including phenoxy) is 1. The van der Waals surface area contributed by atoms with Crippen LogP contribution in [0.25, 0.3) is 20.8 Å². The fraction of sp³-hybridized carbons (Fsp3) is 0.273. The molecule has 1 aliphatic heterocycles. The maximum absolute atomic E-state index is 15.1. The number of anilines is 2. The van der Waals surface area contributed by atoms with E-state index in [2.05, 4.69) is 30.9 Å². The van der Waals surface area contributed by atoms with E-state index in [1.807, 2.05) is 30.6 Å². The quantitative estimate of drug-likeness (QED) is 0.170. The third kappa shape index (κ3) is 6.95. The first-order valence-corrected chi connectivity index (χ1v) is 15.5. The van der Waals surface area contributed by atoms with Crippen LogP contribution in [0, 0.1) is 5.82 Å². The van der Waals surface area contributed by atoms with E-state index in [9.17, 15) is 9.59 Å². The molecule has 3 aromatic heterocycles. The molecule has 0 bridgehead atoms. The number of fused-ring (bicyclic) bond motifs is 1. The van der Waals surface area contributed by atoms with Crippen molar-refractivity contribution in [1.82, 2.24) is 19.4 Å². The number of carbonyl (C=O) groups is 2. The van der Waals surface area contributed by atoms with Crippen molar-refractivity contribution in [3.8, 4) is 22.1 Å². The van der Waals surface area contributed by atoms with Crippen molar-refractivity contribution < 1.29 is 18.7 Å². The fourth-order valence-corrected chi connectivity index (χ4v) is 6.28. The van der Waals surface area contributed by atoms with Gasteiger partial charge in [0, 0.05) is 49.5 Å². The summed E-state index contributed by atoms with van der Waals surface area (Å²) in [5.74, 6) is -1.09. The fourth-order valence-electron chi connectivity index (χ4n) is 5.25. The molecule has 9 nitrogen and oxygen atoms in total. The molecule has 0 spiro atoms. The largest absolute Gasteiger partial charge is 0.453 e. The number of thiophene rings is 1. The number of hydrogen-bond donors (Lipinski definition) is 1. The Morgan fingerprint density at radius 1 is 1.02 bits per heavy atom. The van der Waals surface area contributed by atoms with Crippen LogP contribution in [0.5, 0.6) is 11.5 Å². The number of likely N-dealkylation sites (tertiary alicyclic amines) is 1. The van der Waals surface area contributed by atoms with Gasteiger partial charge in [-0.25, -0.2) is 9.37 Å². The number of pyridine rings is 1. The van der Waals surface area contributed by atoms with Crippen molar-refractivity contribution in [3.05, 3.63) is 85.2 Å². The molecule has 6 rings (SSSR count). The van der Waals surface area contributed by atoms with Gasteiger partial charge < -0.3 is 24.4 Å². The molecule has 1 N–H and O–H groups in total. The third-order valence-electron chi connectivity index (χ3n) is 7.62. The van der Waals surface area contributed by atoms with Gasteiger partial charge in [0.25, 0.3) is 0 Å². The molecule has 1 saturated heterocycles. The molecular weight excluding hydrogens is 579 g/mol. The minimum Gasteiger partial charge on any atom is -0.453 e. The molecule has 0 saturated carbocycles. The Labute approximate surface area is 258 Å². The topological polar surface area (TPSA) is 92.6 Å². The summed E-state index contributed by atoms with van der Waals surface area (Å²) in [7, 11) is 1.60. The molecule has 0 atom stereocenters. The second-order valence-corrected chi connectivity index (χ2v) is 11.8. The second kappa shape index (κ2) is 13.4. The van der Waals surface area contributed by atoms with E-state index in [0.29, 0.717) is 11.4 Å². The van der Waals surface area contributed by atoms with E-state index in [1.54, 1.807) is 31.4 Å². The number of amides is 2. The van der Waals surface area contributed by atoms with E-state index in [-0.39, 0.29) is 23.8 Å². The SMILES string of the molecule is CN(C(=O)CC(=O)Nc1ccc(Oc2ccnc3cc(-c4cn(CCCN5CCCC5)cn4)sc23)c(F)c1)c1ccccc1. The van der Waals surface area contributed by atoms with Crippen LogP contribution in [0.2, 0.25) is 0 Å². The van der Waals surface area contributed by atoms with Crippen LogP contribution < -0.4 is 15.0 Å². The summed E-state index contributed by atoms with van der Waals surface area (Å²) < 4.78 is 24.0. The Hall–Kier alpha value is -4.61. The lowest BCUT2D eigenvalue weighted by Gasteiger charge is -2.17. The van der Waals surface area contributed by atoms with Crippen molar-refractivity contribution >= 4 is 44.7 Å². The molecule has 1 fully saturated rings. The Bertz CT molecular complexity index is 1770. The van der Waals surface area contributed by atoms with E-state index in [0.717, 1.165) is 40.3 Å². The van der Waals surface area contributed by atoms with Crippen molar-refractivity contribution in [1.29, 1.82) is 0 Å². The minimum atomic E-state index is -0.648. The lowest BCUT2D eigenvalue weighted by molar-refractivity contribution is -0.125. The number of benzene rings is 2. The summed E-state index contributed by atoms with van der Waals surface area (Å²) in [6, 6.07) is 16.9. The molecule has 0 unspecified atom stereocenters. The molecule has 4 heterocycles. The van der Waals surface area contributed by atoms with E-state index >= 15 is 4.39 Å². The number of para-hydroxylation sites is 1. The van der Waals surface area contributed by atoms with Crippen LogP contribution in [-0.2, 0) is 16.1 Å². The van der Waals surface area contributed by atoms with Gasteiger partial charge in [-0.15, -0.1) is 11.3 Å². The Kier molecular flexibility index (Phi) is 8.94. The van der Waals surface area contributed by atoms with Crippen LogP contribution >= 0.6 is 11.3 Å². The molecular formula is C33H33FN6O3S. The van der Waals surface area contributed by atoms with Gasteiger partial charge in [-0.05, 0) is 69.2 Å². The van der Waals surface area contributed by atoms with Crippen molar-refractivity contribution in [3.63, 3.8) is 0 Å². The monoisotopic (exact) mass is 612 g/mol. The van der Waals surface area contributed by atoms with Gasteiger partial charge in [-0.2, -0.15) is 0 Å². The summed E-state index contributed by atoms with van der Waals surface area (Å²) in [6.07, 6.45) is 8.85. The highest BCUT2D eigenvalue weighted by Gasteiger charge is 2.18. The smallest absolute Gasteiger partial charge is 0.236 e. The Balaban J connectivity index is 1.08. The molecule has 0 radical (unpaired) electrons. The number of hydrogen-bond acceptors (Lipinski definition) is 7. The minimum absolute atomic E-state index is 0.00705. The number of imidazole rings is 1. The lowest BCUT2D eigenvalue weighted by Crippen LogP contribution is -2.30. The highest BCUT2D eigenvalue weighted by Crippen LogP contribution is 2.39. The van der Waals surface area contributed by atoms with Crippen molar-refractivity contribution in [2.24, 2.45) is 0 Å². The first-order chi connectivity index (χ1) is 21.4. The molecule has 1 aliphatic rings. The van der Waals surface area contributed by atoms with Gasteiger partial charge in [0.15, 0.2) is 11.6 Å². The van der Waals surface area contributed by atoms with Crippen molar-refractivity contribution in [2.75, 3.05) is 36.9 Å². The van der Waals surface area contributed by atoms with E-state index < -0.39 is 11.7 Å². The number of halogens is 1. The second-order valence-electron chi connectivity index (χ2n) is 10.8. The van der Waals surface area contributed by atoms with Crippen LogP contribution in [-0.4, -0.2) is 57.9 Å². The maximum Gasteiger partial charge on any atom is 0.236 e. The highest BCUT2D eigenvalue weighted by molar-refractivity contribution is 7.22. The number of carbonyl (C=O) groups excluding carboxylic acids is 2. The highest BCUT2D eigenvalue weighted by atomic mass is 32.1. The van der Waals surface area contributed by atoms with Crippen LogP contribution in [0.4, 0.5) is 15.8 Å². The normalized spacial score (nSPS) is 13.3. The van der Waals surface area contributed by atoms with Gasteiger partial charge in [0.05, 0.1) is 27.1 Å². The third-order valence-corrected chi connectivity index (χ3v) is 8.78. The first-order valence-electron chi connectivity index (χ1n) is 14.6. The van der Waals surface area contributed by atoms with Crippen molar-refractivity contribution in [2.45, 2.75) is 32.2 Å². The van der Waals surface area contributed by atoms with Crippen LogP contribution in [0.3, 0.4) is 0 Å². The summed E-state index contributed by atoms with van der Waals surface area (Å²) in [5.41, 5.74) is 2.50. The number of aryl methyl sites for hydroxylation is 1. The summed E-state index contributed by atoms with van der Waals surface area (Å²) >= 11 is 1.49. The lowest BCUT2D eigenvalue weighted by atomic mass is 10.2. The zero-order valence-corrected chi connectivity index (χ0v) is 25.2. The van der Waals surface area contributed by atoms with Gasteiger partial charge >= 0.3 is 0 Å². The van der Waals surface area contributed by atoms with Gasteiger partial charge in [-0.1, -0.05) is 18.2 Å². The zero-order chi connectivity index (χ0) is 30.5. The zero-order valence-electron chi connectivity index (χ0n) is 24.4. The molecule has 2 amide bonds. The number of nitrogens with one attached hydrogen (secondary N) is 1.